The molecular weight excluding hydrogens is 436 g/mol. The molecule has 1 saturated heterocycles. The molecule has 0 atom stereocenters. The number of carbonyl (C=O) groups is 2. The molecule has 2 heterocycles. The molecule has 1 aromatic heterocycles. The highest BCUT2D eigenvalue weighted by Gasteiger charge is 2.25. The number of thioether (sulfide) groups is 1. The summed E-state index contributed by atoms with van der Waals surface area (Å²) in [6.45, 7) is 0.677. The third-order valence-electron chi connectivity index (χ3n) is 4.07. The van der Waals surface area contributed by atoms with Crippen molar-refractivity contribution in [1.82, 2.24) is 9.88 Å². The predicted molar refractivity (Wildman–Crippen MR) is 109 cm³/mol. The number of nitrogens with one attached hydrogen (secondary N) is 1. The fourth-order valence-corrected chi connectivity index (χ4v) is 4.05. The Kier molecular flexibility index (Phi) is 4.65. The third-order valence-corrected chi connectivity index (χ3v) is 5.62. The summed E-state index contributed by atoms with van der Waals surface area (Å²) in [5.41, 5.74) is 3.06. The predicted octanol–water partition coefficient (Wildman–Crippen LogP) is 5.43. The van der Waals surface area contributed by atoms with Crippen LogP contribution < -0.4 is 5.32 Å². The molecule has 2 aromatic carbocycles. The van der Waals surface area contributed by atoms with Gasteiger partial charge in [-0.2, -0.15) is 0 Å². The number of amides is 2. The maximum atomic E-state index is 11.9. The van der Waals surface area contributed by atoms with Gasteiger partial charge in [0, 0.05) is 38.7 Å². The van der Waals surface area contributed by atoms with Gasteiger partial charge in [0.1, 0.15) is 0 Å². The first kappa shape index (κ1) is 17.4. The average molecular weight is 448 g/mol. The van der Waals surface area contributed by atoms with Gasteiger partial charge in [0.25, 0.3) is 11.1 Å². The first-order valence-corrected chi connectivity index (χ1v) is 9.76. The van der Waals surface area contributed by atoms with Gasteiger partial charge in [-0.1, -0.05) is 39.7 Å². The maximum absolute atomic E-state index is 11.9. The number of carbonyl (C=O) groups excluding carboxylic acids is 2. The zero-order valence-electron chi connectivity index (χ0n) is 13.3. The van der Waals surface area contributed by atoms with Gasteiger partial charge in [0.2, 0.25) is 0 Å². The number of hydrogen-bond donors (Lipinski definition) is 1. The second-order valence-electron chi connectivity index (χ2n) is 5.85. The van der Waals surface area contributed by atoms with Crippen molar-refractivity contribution in [2.24, 2.45) is 0 Å². The highest BCUT2D eigenvalue weighted by Crippen LogP contribution is 2.31. The summed E-state index contributed by atoms with van der Waals surface area (Å²) in [6.07, 6.45) is 3.76. The largest absolute Gasteiger partial charge is 0.342 e. The zero-order valence-corrected chi connectivity index (χ0v) is 16.5. The zero-order chi connectivity index (χ0) is 18.3. The van der Waals surface area contributed by atoms with E-state index >= 15 is 0 Å². The van der Waals surface area contributed by atoms with E-state index in [1.54, 1.807) is 6.08 Å². The van der Waals surface area contributed by atoms with E-state index in [0.717, 1.165) is 38.3 Å². The van der Waals surface area contributed by atoms with E-state index in [1.807, 2.05) is 48.7 Å². The van der Waals surface area contributed by atoms with E-state index in [-0.39, 0.29) is 11.1 Å². The summed E-state index contributed by atoms with van der Waals surface area (Å²) in [7, 11) is 0. The van der Waals surface area contributed by atoms with Crippen molar-refractivity contribution in [3.05, 3.63) is 74.2 Å². The van der Waals surface area contributed by atoms with Crippen molar-refractivity contribution in [3.8, 4) is 0 Å². The van der Waals surface area contributed by atoms with Gasteiger partial charge in [-0.15, -0.1) is 0 Å². The molecule has 0 bridgehead atoms. The van der Waals surface area contributed by atoms with Crippen molar-refractivity contribution in [2.75, 3.05) is 0 Å². The van der Waals surface area contributed by atoms with Crippen molar-refractivity contribution >= 4 is 67.4 Å². The Balaban J connectivity index is 1.79. The lowest BCUT2D eigenvalue weighted by Gasteiger charge is -2.06. The molecule has 0 unspecified atom stereocenters. The number of halogens is 2. The van der Waals surface area contributed by atoms with Gasteiger partial charge in [0.15, 0.2) is 0 Å². The smallest absolute Gasteiger partial charge is 0.290 e. The van der Waals surface area contributed by atoms with Crippen LogP contribution in [0.15, 0.2) is 58.0 Å². The molecule has 2 amide bonds. The topological polar surface area (TPSA) is 51.1 Å². The van der Waals surface area contributed by atoms with E-state index in [1.165, 1.54) is 0 Å². The van der Waals surface area contributed by atoms with Crippen molar-refractivity contribution in [3.63, 3.8) is 0 Å². The maximum Gasteiger partial charge on any atom is 0.290 e. The second kappa shape index (κ2) is 6.95. The van der Waals surface area contributed by atoms with Crippen molar-refractivity contribution in [2.45, 2.75) is 6.54 Å². The summed E-state index contributed by atoms with van der Waals surface area (Å²) in [4.78, 5) is 23.7. The minimum atomic E-state index is -0.353. The number of hydrogen-bond acceptors (Lipinski definition) is 3. The summed E-state index contributed by atoms with van der Waals surface area (Å²) in [5.74, 6) is -0.353. The van der Waals surface area contributed by atoms with E-state index in [2.05, 4.69) is 25.8 Å². The van der Waals surface area contributed by atoms with Gasteiger partial charge in [-0.25, -0.2) is 0 Å². The average Bonchev–Trinajstić information content (AvgIpc) is 3.09. The van der Waals surface area contributed by atoms with Gasteiger partial charge in [0.05, 0.1) is 4.91 Å². The van der Waals surface area contributed by atoms with E-state index in [9.17, 15) is 9.59 Å². The third kappa shape index (κ3) is 3.45. The number of benzene rings is 2. The van der Waals surface area contributed by atoms with Crippen molar-refractivity contribution in [1.29, 1.82) is 0 Å². The first-order valence-electron chi connectivity index (χ1n) is 7.77. The number of imide groups is 1. The molecule has 0 spiro atoms. The minimum absolute atomic E-state index is 0.340. The first-order chi connectivity index (χ1) is 12.5. The molecule has 1 aliphatic heterocycles. The Morgan fingerprint density at radius 1 is 1.15 bits per heavy atom. The molecule has 3 aromatic rings. The second-order valence-corrected chi connectivity index (χ2v) is 8.22. The van der Waals surface area contributed by atoms with E-state index in [0.29, 0.717) is 16.5 Å². The van der Waals surface area contributed by atoms with Gasteiger partial charge >= 0.3 is 0 Å². The summed E-state index contributed by atoms with van der Waals surface area (Å²) in [5, 5.41) is 3.66. The molecule has 1 N–H and O–H groups in total. The number of aromatic nitrogens is 1. The van der Waals surface area contributed by atoms with Crippen LogP contribution in [0.4, 0.5) is 4.79 Å². The highest BCUT2D eigenvalue weighted by atomic mass is 79.9. The Morgan fingerprint density at radius 2 is 1.92 bits per heavy atom. The molecule has 1 aliphatic rings. The normalized spacial score (nSPS) is 15.8. The van der Waals surface area contributed by atoms with Crippen LogP contribution in [0.1, 0.15) is 11.1 Å². The van der Waals surface area contributed by atoms with Crippen molar-refractivity contribution < 1.29 is 9.59 Å². The summed E-state index contributed by atoms with van der Waals surface area (Å²) < 4.78 is 3.07. The van der Waals surface area contributed by atoms with Crippen LogP contribution in [0.3, 0.4) is 0 Å². The van der Waals surface area contributed by atoms with E-state index < -0.39 is 0 Å². The lowest BCUT2D eigenvalue weighted by Crippen LogP contribution is -2.17. The molecule has 4 nitrogen and oxygen atoms in total. The highest BCUT2D eigenvalue weighted by molar-refractivity contribution is 9.10. The lowest BCUT2D eigenvalue weighted by atomic mass is 10.1. The molecule has 0 radical (unpaired) electrons. The van der Waals surface area contributed by atoms with Crippen LogP contribution in [0, 0.1) is 0 Å². The quantitative estimate of drug-likeness (QED) is 0.545. The molecular formula is C19H12BrClN2O2S. The molecule has 0 aliphatic carbocycles. The molecule has 1 fully saturated rings. The number of nitrogens with zero attached hydrogens (tertiary/aromatic N) is 1. The van der Waals surface area contributed by atoms with Crippen LogP contribution >= 0.6 is 39.3 Å². The Bertz CT molecular complexity index is 1070. The monoisotopic (exact) mass is 446 g/mol. The van der Waals surface area contributed by atoms with Gasteiger partial charge in [-0.05, 0) is 53.7 Å². The van der Waals surface area contributed by atoms with Crippen LogP contribution in [0.25, 0.3) is 17.0 Å². The van der Waals surface area contributed by atoms with Crippen LogP contribution in [-0.2, 0) is 11.3 Å². The van der Waals surface area contributed by atoms with Crippen LogP contribution in [0.2, 0.25) is 5.02 Å². The molecule has 130 valence electrons. The lowest BCUT2D eigenvalue weighted by molar-refractivity contribution is -0.115. The Morgan fingerprint density at radius 3 is 2.62 bits per heavy atom. The minimum Gasteiger partial charge on any atom is -0.342 e. The Labute approximate surface area is 167 Å². The van der Waals surface area contributed by atoms with Crippen LogP contribution in [0.5, 0.6) is 0 Å². The molecule has 0 saturated carbocycles. The standard InChI is InChI=1S/C19H12BrClN2O2S/c20-13-3-6-16-15(8-13)12(7-17-18(24)22-19(25)26-17)10-23(16)9-11-1-4-14(21)5-2-11/h1-8,10H,9H2,(H,22,24,25)/b17-7-. The van der Waals surface area contributed by atoms with Gasteiger partial charge in [-0.3, -0.25) is 14.9 Å². The summed E-state index contributed by atoms with van der Waals surface area (Å²) >= 11 is 10.4. The fourth-order valence-electron chi connectivity index (χ4n) is 2.89. The van der Waals surface area contributed by atoms with E-state index in [4.69, 9.17) is 11.6 Å². The van der Waals surface area contributed by atoms with Crippen LogP contribution in [-0.4, -0.2) is 15.7 Å². The van der Waals surface area contributed by atoms with Gasteiger partial charge < -0.3 is 4.57 Å². The fraction of sp³-hybridized carbons (Fsp3) is 0.0526. The number of fused-ring (bicyclic) bond motifs is 1. The Hall–Kier alpha value is -2.02. The molecule has 26 heavy (non-hydrogen) atoms. The number of rotatable bonds is 3. The molecule has 7 heteroatoms. The molecule has 4 rings (SSSR count). The SMILES string of the molecule is O=C1NC(=O)/C(=C/c2cn(Cc3ccc(Cl)cc3)c3ccc(Br)cc23)S1. The summed E-state index contributed by atoms with van der Waals surface area (Å²) in [6, 6.07) is 13.7.